The Labute approximate surface area is 109 Å². The van der Waals surface area contributed by atoms with Crippen LogP contribution in [0.1, 0.15) is 39.4 Å². The zero-order valence-electron chi connectivity index (χ0n) is 11.0. The minimum atomic E-state index is 0.470. The Balaban J connectivity index is 2.38. The number of hydrogen-bond acceptors (Lipinski definition) is 3. The molecule has 0 radical (unpaired) electrons. The Bertz CT molecular complexity index is 311. The quantitative estimate of drug-likeness (QED) is 0.729. The van der Waals surface area contributed by atoms with E-state index in [2.05, 4.69) is 36.2 Å². The van der Waals surface area contributed by atoms with E-state index in [1.54, 1.807) is 6.33 Å². The first kappa shape index (κ1) is 14.5. The van der Waals surface area contributed by atoms with E-state index in [1.807, 2.05) is 4.68 Å². The fourth-order valence-electron chi connectivity index (χ4n) is 1.67. The first-order chi connectivity index (χ1) is 8.13. The topological polar surface area (TPSA) is 42.7 Å². The third-order valence-electron chi connectivity index (χ3n) is 2.61. The molecule has 0 saturated carbocycles. The average molecular weight is 259 g/mol. The van der Waals surface area contributed by atoms with Crippen LogP contribution >= 0.6 is 11.6 Å². The van der Waals surface area contributed by atoms with Gasteiger partial charge in [0.25, 0.3) is 0 Å². The van der Waals surface area contributed by atoms with Crippen molar-refractivity contribution in [1.29, 1.82) is 0 Å². The van der Waals surface area contributed by atoms with Crippen LogP contribution < -0.4 is 5.32 Å². The van der Waals surface area contributed by atoms with E-state index in [9.17, 15) is 0 Å². The molecule has 0 bridgehead atoms. The molecule has 5 heteroatoms. The predicted octanol–water partition coefficient (Wildman–Crippen LogP) is 2.43. The highest BCUT2D eigenvalue weighted by atomic mass is 35.5. The minimum absolute atomic E-state index is 0.470. The molecule has 0 saturated heterocycles. The Morgan fingerprint density at radius 2 is 2.18 bits per heavy atom. The molecule has 17 heavy (non-hydrogen) atoms. The van der Waals surface area contributed by atoms with Crippen LogP contribution in [0.25, 0.3) is 0 Å². The molecule has 0 aliphatic heterocycles. The molecule has 0 amide bonds. The molecular weight excluding hydrogens is 236 g/mol. The lowest BCUT2D eigenvalue weighted by atomic mass is 10.2. The van der Waals surface area contributed by atoms with E-state index in [1.165, 1.54) is 0 Å². The van der Waals surface area contributed by atoms with Gasteiger partial charge in [-0.15, -0.1) is 11.6 Å². The largest absolute Gasteiger partial charge is 0.307 e. The summed E-state index contributed by atoms with van der Waals surface area (Å²) in [6.45, 7) is 8.24. The summed E-state index contributed by atoms with van der Waals surface area (Å²) in [7, 11) is 0. The SMILES string of the molecule is CC(C)Cn1ncnc1CNC(C)CCCCl. The van der Waals surface area contributed by atoms with Crippen molar-refractivity contribution < 1.29 is 0 Å². The van der Waals surface area contributed by atoms with E-state index < -0.39 is 0 Å². The molecule has 0 aromatic carbocycles. The molecular formula is C12H23ClN4. The van der Waals surface area contributed by atoms with Gasteiger partial charge in [-0.25, -0.2) is 9.67 Å². The maximum absolute atomic E-state index is 5.67. The van der Waals surface area contributed by atoms with Gasteiger partial charge in [0.15, 0.2) is 0 Å². The monoisotopic (exact) mass is 258 g/mol. The van der Waals surface area contributed by atoms with Gasteiger partial charge in [-0.05, 0) is 25.7 Å². The molecule has 4 nitrogen and oxygen atoms in total. The molecule has 1 heterocycles. The number of aromatic nitrogens is 3. The molecule has 1 aromatic rings. The maximum Gasteiger partial charge on any atom is 0.140 e. The summed E-state index contributed by atoms with van der Waals surface area (Å²) in [4.78, 5) is 4.28. The Hall–Kier alpha value is -0.610. The van der Waals surface area contributed by atoms with Crippen LogP contribution in [-0.2, 0) is 13.1 Å². The number of nitrogens with zero attached hydrogens (tertiary/aromatic N) is 3. The lowest BCUT2D eigenvalue weighted by Crippen LogP contribution is -2.27. The zero-order valence-corrected chi connectivity index (χ0v) is 11.7. The maximum atomic E-state index is 5.67. The van der Waals surface area contributed by atoms with Gasteiger partial charge in [-0.2, -0.15) is 5.10 Å². The smallest absolute Gasteiger partial charge is 0.140 e. The second-order valence-corrected chi connectivity index (χ2v) is 5.24. The van der Waals surface area contributed by atoms with E-state index in [-0.39, 0.29) is 0 Å². The van der Waals surface area contributed by atoms with Gasteiger partial charge in [-0.1, -0.05) is 13.8 Å². The van der Waals surface area contributed by atoms with Crippen LogP contribution in [0.15, 0.2) is 6.33 Å². The first-order valence-corrected chi connectivity index (χ1v) is 6.83. The van der Waals surface area contributed by atoms with Gasteiger partial charge in [-0.3, -0.25) is 0 Å². The molecule has 0 aliphatic carbocycles. The molecule has 1 aromatic heterocycles. The zero-order chi connectivity index (χ0) is 12.7. The van der Waals surface area contributed by atoms with Crippen molar-refractivity contribution in [2.75, 3.05) is 5.88 Å². The molecule has 1 rings (SSSR count). The second kappa shape index (κ2) is 7.67. The molecule has 1 unspecified atom stereocenters. The highest BCUT2D eigenvalue weighted by molar-refractivity contribution is 6.17. The molecule has 0 aliphatic rings. The Morgan fingerprint density at radius 3 is 2.82 bits per heavy atom. The summed E-state index contributed by atoms with van der Waals surface area (Å²) < 4.78 is 1.98. The normalized spacial score (nSPS) is 13.2. The average Bonchev–Trinajstić information content (AvgIpc) is 2.70. The standard InChI is InChI=1S/C12H23ClN4/c1-10(2)8-17-12(15-9-16-17)7-14-11(3)5-4-6-13/h9-11,14H,4-8H2,1-3H3. The fourth-order valence-corrected chi connectivity index (χ4v) is 1.83. The van der Waals surface area contributed by atoms with Crippen molar-refractivity contribution in [2.45, 2.75) is 52.7 Å². The Morgan fingerprint density at radius 1 is 1.41 bits per heavy atom. The first-order valence-electron chi connectivity index (χ1n) is 6.29. The summed E-state index contributed by atoms with van der Waals surface area (Å²) in [5, 5.41) is 7.69. The fraction of sp³-hybridized carbons (Fsp3) is 0.833. The molecule has 0 fully saturated rings. The summed E-state index contributed by atoms with van der Waals surface area (Å²) >= 11 is 5.67. The van der Waals surface area contributed by atoms with Crippen molar-refractivity contribution in [3.8, 4) is 0 Å². The van der Waals surface area contributed by atoms with E-state index >= 15 is 0 Å². The van der Waals surface area contributed by atoms with Gasteiger partial charge < -0.3 is 5.32 Å². The number of hydrogen-bond donors (Lipinski definition) is 1. The van der Waals surface area contributed by atoms with Gasteiger partial charge in [0.05, 0.1) is 6.54 Å². The third kappa shape index (κ3) is 5.50. The van der Waals surface area contributed by atoms with Crippen molar-refractivity contribution in [3.05, 3.63) is 12.2 Å². The minimum Gasteiger partial charge on any atom is -0.307 e. The second-order valence-electron chi connectivity index (χ2n) is 4.87. The van der Waals surface area contributed by atoms with Crippen LogP contribution in [0.5, 0.6) is 0 Å². The highest BCUT2D eigenvalue weighted by Gasteiger charge is 2.07. The number of nitrogens with one attached hydrogen (secondary N) is 1. The summed E-state index contributed by atoms with van der Waals surface area (Å²) in [6, 6.07) is 0.470. The van der Waals surface area contributed by atoms with Crippen LogP contribution in [0.2, 0.25) is 0 Å². The van der Waals surface area contributed by atoms with E-state index in [4.69, 9.17) is 11.6 Å². The lowest BCUT2D eigenvalue weighted by Gasteiger charge is -2.13. The van der Waals surface area contributed by atoms with Crippen LogP contribution in [0.4, 0.5) is 0 Å². The van der Waals surface area contributed by atoms with Gasteiger partial charge in [0.2, 0.25) is 0 Å². The van der Waals surface area contributed by atoms with Crippen molar-refractivity contribution in [1.82, 2.24) is 20.1 Å². The number of rotatable bonds is 8. The van der Waals surface area contributed by atoms with Gasteiger partial charge in [0, 0.05) is 18.5 Å². The van der Waals surface area contributed by atoms with Crippen LogP contribution in [0, 0.1) is 5.92 Å². The summed E-state index contributed by atoms with van der Waals surface area (Å²) in [5.74, 6) is 2.33. The number of alkyl halides is 1. The molecule has 1 atom stereocenters. The lowest BCUT2D eigenvalue weighted by molar-refractivity contribution is 0.440. The highest BCUT2D eigenvalue weighted by Crippen LogP contribution is 2.03. The van der Waals surface area contributed by atoms with E-state index in [0.717, 1.165) is 37.6 Å². The summed E-state index contributed by atoms with van der Waals surface area (Å²) in [5.41, 5.74) is 0. The van der Waals surface area contributed by atoms with Crippen molar-refractivity contribution in [3.63, 3.8) is 0 Å². The van der Waals surface area contributed by atoms with Crippen LogP contribution in [0.3, 0.4) is 0 Å². The Kier molecular flexibility index (Phi) is 6.52. The third-order valence-corrected chi connectivity index (χ3v) is 2.88. The van der Waals surface area contributed by atoms with Gasteiger partial charge in [0.1, 0.15) is 12.2 Å². The predicted molar refractivity (Wildman–Crippen MR) is 71.1 cm³/mol. The molecule has 0 spiro atoms. The summed E-state index contributed by atoms with van der Waals surface area (Å²) in [6.07, 6.45) is 3.78. The molecule has 98 valence electrons. The van der Waals surface area contributed by atoms with Crippen molar-refractivity contribution in [2.24, 2.45) is 5.92 Å². The number of halogens is 1. The van der Waals surface area contributed by atoms with Crippen LogP contribution in [-0.4, -0.2) is 26.7 Å². The molecule has 1 N–H and O–H groups in total. The van der Waals surface area contributed by atoms with Crippen molar-refractivity contribution >= 4 is 11.6 Å². The van der Waals surface area contributed by atoms with E-state index in [0.29, 0.717) is 12.0 Å². The van der Waals surface area contributed by atoms with Gasteiger partial charge >= 0.3 is 0 Å².